The van der Waals surface area contributed by atoms with E-state index < -0.39 is 0 Å². The smallest absolute Gasteiger partial charge is 0.107 e. The lowest BCUT2D eigenvalue weighted by atomic mass is 10.1. The second-order valence-electron chi connectivity index (χ2n) is 2.71. The first-order valence-electron chi connectivity index (χ1n) is 4.20. The summed E-state index contributed by atoms with van der Waals surface area (Å²) in [7, 11) is 0. The van der Waals surface area contributed by atoms with Crippen LogP contribution < -0.4 is 0 Å². The first kappa shape index (κ1) is 9.31. The predicted octanol–water partition coefficient (Wildman–Crippen LogP) is 1.37. The second kappa shape index (κ2) is 5.82. The summed E-state index contributed by atoms with van der Waals surface area (Å²) in [6, 6.07) is 0. The van der Waals surface area contributed by atoms with Crippen LogP contribution in [-0.2, 0) is 9.47 Å². The van der Waals surface area contributed by atoms with Crippen molar-refractivity contribution in [1.82, 2.24) is 0 Å². The molecular formula is C10H14O2. The largest absolute Gasteiger partial charge is 0.377 e. The van der Waals surface area contributed by atoms with E-state index in [1.807, 2.05) is 0 Å². The summed E-state index contributed by atoms with van der Waals surface area (Å²) in [5.74, 6) is 2.43. The van der Waals surface area contributed by atoms with Gasteiger partial charge in [-0.05, 0) is 18.4 Å². The van der Waals surface area contributed by atoms with Gasteiger partial charge >= 0.3 is 0 Å². The Kier molecular flexibility index (Phi) is 4.51. The average Bonchev–Trinajstić information content (AvgIpc) is 2.14. The molecule has 0 fully saturated rings. The lowest BCUT2D eigenvalue weighted by Gasteiger charge is -2.12. The Morgan fingerprint density at radius 2 is 2.58 bits per heavy atom. The molecule has 12 heavy (non-hydrogen) atoms. The number of terminal acetylenes is 1. The Balaban J connectivity index is 2.06. The minimum atomic E-state index is 0.411. The van der Waals surface area contributed by atoms with Crippen molar-refractivity contribution in [3.63, 3.8) is 0 Å². The van der Waals surface area contributed by atoms with Crippen LogP contribution in [0.5, 0.6) is 0 Å². The van der Waals surface area contributed by atoms with Crippen LogP contribution in [0.25, 0.3) is 0 Å². The molecule has 0 radical (unpaired) electrons. The van der Waals surface area contributed by atoms with Crippen molar-refractivity contribution in [3.8, 4) is 12.3 Å². The molecule has 2 nitrogen and oxygen atoms in total. The summed E-state index contributed by atoms with van der Waals surface area (Å²) in [5, 5.41) is 0. The predicted molar refractivity (Wildman–Crippen MR) is 47.8 cm³/mol. The average molecular weight is 166 g/mol. The highest BCUT2D eigenvalue weighted by Crippen LogP contribution is 2.09. The lowest BCUT2D eigenvalue weighted by Crippen LogP contribution is -2.08. The van der Waals surface area contributed by atoms with Gasteiger partial charge in [0, 0.05) is 0 Å². The van der Waals surface area contributed by atoms with E-state index in [1.165, 1.54) is 5.57 Å². The molecule has 1 rings (SSSR count). The molecule has 1 aliphatic rings. The zero-order valence-electron chi connectivity index (χ0n) is 7.21. The molecule has 0 aromatic carbocycles. The topological polar surface area (TPSA) is 18.5 Å². The molecule has 0 spiro atoms. The first-order chi connectivity index (χ1) is 5.93. The van der Waals surface area contributed by atoms with Crippen LogP contribution in [0.15, 0.2) is 11.6 Å². The molecule has 0 amide bonds. The minimum absolute atomic E-state index is 0.411. The normalized spacial score (nSPS) is 16.8. The summed E-state index contributed by atoms with van der Waals surface area (Å²) in [5.41, 5.74) is 1.33. The van der Waals surface area contributed by atoms with Gasteiger partial charge < -0.3 is 9.47 Å². The van der Waals surface area contributed by atoms with Crippen LogP contribution in [-0.4, -0.2) is 26.4 Å². The van der Waals surface area contributed by atoms with Crippen LogP contribution in [0, 0.1) is 12.3 Å². The molecule has 66 valence electrons. The van der Waals surface area contributed by atoms with Gasteiger partial charge in [0.1, 0.15) is 6.61 Å². The van der Waals surface area contributed by atoms with E-state index in [0.717, 1.165) is 26.1 Å². The fourth-order valence-electron chi connectivity index (χ4n) is 1.12. The number of hydrogen-bond donors (Lipinski definition) is 0. The van der Waals surface area contributed by atoms with Crippen molar-refractivity contribution < 1.29 is 9.47 Å². The van der Waals surface area contributed by atoms with E-state index in [0.29, 0.717) is 13.2 Å². The number of rotatable bonds is 4. The molecular weight excluding hydrogens is 152 g/mol. The van der Waals surface area contributed by atoms with Crippen molar-refractivity contribution in [2.75, 3.05) is 26.4 Å². The summed E-state index contributed by atoms with van der Waals surface area (Å²) in [4.78, 5) is 0. The first-order valence-corrected chi connectivity index (χ1v) is 4.20. The van der Waals surface area contributed by atoms with Gasteiger partial charge in [0.25, 0.3) is 0 Å². The van der Waals surface area contributed by atoms with Crippen molar-refractivity contribution >= 4 is 0 Å². The van der Waals surface area contributed by atoms with Crippen LogP contribution >= 0.6 is 0 Å². The van der Waals surface area contributed by atoms with E-state index in [1.54, 1.807) is 0 Å². The number of hydrogen-bond acceptors (Lipinski definition) is 2. The van der Waals surface area contributed by atoms with Crippen LogP contribution in [0.1, 0.15) is 12.8 Å². The van der Waals surface area contributed by atoms with E-state index >= 15 is 0 Å². The maximum Gasteiger partial charge on any atom is 0.107 e. The van der Waals surface area contributed by atoms with E-state index in [9.17, 15) is 0 Å². The Hall–Kier alpha value is -0.780. The van der Waals surface area contributed by atoms with Crippen LogP contribution in [0.4, 0.5) is 0 Å². The maximum atomic E-state index is 5.27. The molecule has 1 heterocycles. The third-order valence-electron chi connectivity index (χ3n) is 1.74. The molecule has 0 aromatic rings. The molecule has 0 saturated heterocycles. The molecule has 0 aromatic heterocycles. The second-order valence-corrected chi connectivity index (χ2v) is 2.71. The van der Waals surface area contributed by atoms with Gasteiger partial charge in [-0.25, -0.2) is 0 Å². The molecule has 0 N–H and O–H groups in total. The fourth-order valence-corrected chi connectivity index (χ4v) is 1.12. The zero-order chi connectivity index (χ0) is 8.65. The molecule has 0 saturated carbocycles. The summed E-state index contributed by atoms with van der Waals surface area (Å²) in [6.45, 7) is 2.74. The van der Waals surface area contributed by atoms with Gasteiger partial charge in [0.15, 0.2) is 0 Å². The Morgan fingerprint density at radius 1 is 1.67 bits per heavy atom. The van der Waals surface area contributed by atoms with E-state index in [4.69, 9.17) is 15.9 Å². The molecule has 2 heteroatoms. The van der Waals surface area contributed by atoms with Gasteiger partial charge in [0.2, 0.25) is 0 Å². The van der Waals surface area contributed by atoms with Crippen molar-refractivity contribution in [2.45, 2.75) is 12.8 Å². The Labute approximate surface area is 73.6 Å². The highest BCUT2D eigenvalue weighted by Gasteiger charge is 2.02. The molecule has 1 aliphatic heterocycles. The van der Waals surface area contributed by atoms with Gasteiger partial charge in [-0.2, -0.15) is 0 Å². The third kappa shape index (κ3) is 3.56. The van der Waals surface area contributed by atoms with Crippen LogP contribution in [0.2, 0.25) is 0 Å². The minimum Gasteiger partial charge on any atom is -0.377 e. The van der Waals surface area contributed by atoms with Crippen molar-refractivity contribution in [2.24, 2.45) is 0 Å². The highest BCUT2D eigenvalue weighted by molar-refractivity contribution is 5.04. The monoisotopic (exact) mass is 166 g/mol. The van der Waals surface area contributed by atoms with Gasteiger partial charge in [-0.1, -0.05) is 12.0 Å². The summed E-state index contributed by atoms with van der Waals surface area (Å²) < 4.78 is 10.4. The lowest BCUT2D eigenvalue weighted by molar-refractivity contribution is 0.134. The molecule has 0 unspecified atom stereocenters. The highest BCUT2D eigenvalue weighted by atomic mass is 16.5. The standard InChI is InChI=1S/C10H14O2/c1-2-6-11-8-5-10-4-3-7-12-9-10/h1,4H,3,5-9H2. The Bertz CT molecular complexity index is 189. The zero-order valence-corrected chi connectivity index (χ0v) is 7.21. The Morgan fingerprint density at radius 3 is 3.25 bits per heavy atom. The van der Waals surface area contributed by atoms with E-state index in [2.05, 4.69) is 12.0 Å². The van der Waals surface area contributed by atoms with Gasteiger partial charge in [-0.3, -0.25) is 0 Å². The molecule has 0 atom stereocenters. The summed E-state index contributed by atoms with van der Waals surface area (Å²) in [6.07, 6.45) is 9.24. The van der Waals surface area contributed by atoms with Crippen molar-refractivity contribution in [3.05, 3.63) is 11.6 Å². The van der Waals surface area contributed by atoms with Crippen molar-refractivity contribution in [1.29, 1.82) is 0 Å². The summed E-state index contributed by atoms with van der Waals surface area (Å²) >= 11 is 0. The molecule has 0 aliphatic carbocycles. The van der Waals surface area contributed by atoms with Gasteiger partial charge in [0.05, 0.1) is 19.8 Å². The fraction of sp³-hybridized carbons (Fsp3) is 0.600. The van der Waals surface area contributed by atoms with Crippen LogP contribution in [0.3, 0.4) is 0 Å². The van der Waals surface area contributed by atoms with Gasteiger partial charge in [-0.15, -0.1) is 6.42 Å². The number of ether oxygens (including phenoxy) is 2. The SMILES string of the molecule is C#CCOCCC1=CCCOC1. The quantitative estimate of drug-likeness (QED) is 0.357. The van der Waals surface area contributed by atoms with E-state index in [-0.39, 0.29) is 0 Å². The maximum absolute atomic E-state index is 5.27. The molecule has 0 bridgehead atoms. The third-order valence-corrected chi connectivity index (χ3v) is 1.74.